The van der Waals surface area contributed by atoms with E-state index in [4.69, 9.17) is 11.5 Å². The lowest BCUT2D eigenvalue weighted by atomic mass is 9.97. The standard InChI is InChI=1S/C17H19N.C10H14N2O2/c1-18-11-5-8-16-13-15(9-10-17(16)18)12-14-6-3-2-4-7-14;1-6-4-7(13)5-9(11)8(6)2-3-10(12)14/h2-4,6-7,9-10,13H,5,8,11-12H2,1H3;4-5,13H,2-3,11H2,1H3,(H2,12,14). The number of primary amides is 1. The number of anilines is 2. The third-order valence-corrected chi connectivity index (χ3v) is 5.86. The second kappa shape index (κ2) is 10.7. The fourth-order valence-electron chi connectivity index (χ4n) is 4.19. The molecule has 1 aliphatic rings. The zero-order chi connectivity index (χ0) is 23.1. The number of rotatable bonds is 5. The van der Waals surface area contributed by atoms with Gasteiger partial charge in [0.15, 0.2) is 0 Å². The fourth-order valence-corrected chi connectivity index (χ4v) is 4.19. The van der Waals surface area contributed by atoms with Crippen LogP contribution in [-0.4, -0.2) is 24.6 Å². The van der Waals surface area contributed by atoms with Gasteiger partial charge in [-0.3, -0.25) is 4.79 Å². The van der Waals surface area contributed by atoms with E-state index in [1.807, 2.05) is 6.92 Å². The van der Waals surface area contributed by atoms with E-state index in [1.54, 1.807) is 6.07 Å². The number of carbonyl (C=O) groups is 1. The molecule has 168 valence electrons. The number of hydrogen-bond donors (Lipinski definition) is 3. The third-order valence-electron chi connectivity index (χ3n) is 5.86. The monoisotopic (exact) mass is 431 g/mol. The molecule has 5 N–H and O–H groups in total. The van der Waals surface area contributed by atoms with Crippen LogP contribution < -0.4 is 16.4 Å². The zero-order valence-electron chi connectivity index (χ0n) is 19.0. The van der Waals surface area contributed by atoms with E-state index >= 15 is 0 Å². The molecule has 5 nitrogen and oxygen atoms in total. The Bertz CT molecular complexity index is 1040. The minimum atomic E-state index is -0.350. The molecule has 0 atom stereocenters. The number of phenolic OH excluding ortho intramolecular Hbond substituents is 1. The van der Waals surface area contributed by atoms with Crippen LogP contribution >= 0.6 is 0 Å². The molecule has 0 bridgehead atoms. The summed E-state index contributed by atoms with van der Waals surface area (Å²) in [6, 6.07) is 20.7. The fraction of sp³-hybridized carbons (Fsp3) is 0.296. The molecule has 1 heterocycles. The number of amides is 1. The van der Waals surface area contributed by atoms with Gasteiger partial charge in [-0.05, 0) is 72.6 Å². The van der Waals surface area contributed by atoms with Gasteiger partial charge in [-0.25, -0.2) is 0 Å². The SMILES string of the molecule is CN1CCCc2cc(Cc3ccccc3)ccc21.Cc1cc(O)cc(N)c1CCC(N)=O. The Morgan fingerprint density at radius 3 is 2.50 bits per heavy atom. The number of nitrogen functional groups attached to an aromatic ring is 1. The molecule has 1 amide bonds. The number of nitrogens with zero attached hydrogens (tertiary/aromatic N) is 1. The first-order valence-electron chi connectivity index (χ1n) is 11.1. The highest BCUT2D eigenvalue weighted by molar-refractivity contribution is 5.74. The van der Waals surface area contributed by atoms with Crippen LogP contribution in [0.15, 0.2) is 60.7 Å². The van der Waals surface area contributed by atoms with Crippen molar-refractivity contribution >= 4 is 17.3 Å². The van der Waals surface area contributed by atoms with Crippen LogP contribution in [0.25, 0.3) is 0 Å². The summed E-state index contributed by atoms with van der Waals surface area (Å²) in [6.45, 7) is 3.03. The normalized spacial score (nSPS) is 12.5. The zero-order valence-corrected chi connectivity index (χ0v) is 19.0. The van der Waals surface area contributed by atoms with Crippen LogP contribution in [0.2, 0.25) is 0 Å². The third kappa shape index (κ3) is 6.27. The minimum Gasteiger partial charge on any atom is -0.508 e. The molecule has 4 rings (SSSR count). The molecule has 0 unspecified atom stereocenters. The summed E-state index contributed by atoms with van der Waals surface area (Å²) in [5.41, 5.74) is 18.7. The Kier molecular flexibility index (Phi) is 7.77. The van der Waals surface area contributed by atoms with Crippen molar-refractivity contribution in [1.29, 1.82) is 0 Å². The summed E-state index contributed by atoms with van der Waals surface area (Å²) in [5.74, 6) is -0.209. The first-order chi connectivity index (χ1) is 15.3. The summed E-state index contributed by atoms with van der Waals surface area (Å²) in [5, 5.41) is 9.22. The van der Waals surface area contributed by atoms with Crippen molar-refractivity contribution in [2.24, 2.45) is 5.73 Å². The maximum Gasteiger partial charge on any atom is 0.217 e. The topological polar surface area (TPSA) is 92.6 Å². The van der Waals surface area contributed by atoms with Gasteiger partial charge in [-0.2, -0.15) is 0 Å². The Morgan fingerprint density at radius 2 is 1.81 bits per heavy atom. The largest absolute Gasteiger partial charge is 0.508 e. The number of phenols is 1. The molecule has 3 aromatic rings. The molecule has 0 fully saturated rings. The van der Waals surface area contributed by atoms with E-state index in [0.717, 1.165) is 17.5 Å². The summed E-state index contributed by atoms with van der Waals surface area (Å²) >= 11 is 0. The van der Waals surface area contributed by atoms with E-state index in [-0.39, 0.29) is 18.1 Å². The molecular formula is C27H33N3O2. The van der Waals surface area contributed by atoms with Crippen molar-refractivity contribution in [2.75, 3.05) is 24.2 Å². The van der Waals surface area contributed by atoms with Gasteiger partial charge in [0.2, 0.25) is 5.91 Å². The lowest BCUT2D eigenvalue weighted by molar-refractivity contribution is -0.117. The van der Waals surface area contributed by atoms with Crippen LogP contribution in [0.1, 0.15) is 40.7 Å². The average Bonchev–Trinajstić information content (AvgIpc) is 2.74. The van der Waals surface area contributed by atoms with Crippen LogP contribution in [0.5, 0.6) is 5.75 Å². The molecule has 3 aromatic carbocycles. The number of fused-ring (bicyclic) bond motifs is 1. The number of benzene rings is 3. The van der Waals surface area contributed by atoms with E-state index in [2.05, 4.69) is 60.5 Å². The lowest BCUT2D eigenvalue weighted by Gasteiger charge is -2.27. The molecule has 32 heavy (non-hydrogen) atoms. The summed E-state index contributed by atoms with van der Waals surface area (Å²) in [7, 11) is 2.19. The summed E-state index contributed by atoms with van der Waals surface area (Å²) < 4.78 is 0. The summed E-state index contributed by atoms with van der Waals surface area (Å²) in [4.78, 5) is 13.0. The van der Waals surface area contributed by atoms with Gasteiger partial charge in [0.05, 0.1) is 0 Å². The lowest BCUT2D eigenvalue weighted by Crippen LogP contribution is -2.24. The van der Waals surface area contributed by atoms with Gasteiger partial charge in [0.1, 0.15) is 5.75 Å². The maximum absolute atomic E-state index is 10.6. The first kappa shape index (κ1) is 23.2. The quantitative estimate of drug-likeness (QED) is 0.523. The van der Waals surface area contributed by atoms with Gasteiger partial charge in [-0.1, -0.05) is 42.5 Å². The number of aromatic hydroxyl groups is 1. The van der Waals surface area contributed by atoms with Crippen LogP contribution in [-0.2, 0) is 24.1 Å². The number of carbonyl (C=O) groups excluding carboxylic acids is 1. The van der Waals surface area contributed by atoms with Crippen molar-refractivity contribution in [2.45, 2.75) is 39.0 Å². The van der Waals surface area contributed by atoms with E-state index in [0.29, 0.717) is 12.1 Å². The number of hydrogen-bond acceptors (Lipinski definition) is 4. The molecule has 0 saturated heterocycles. The van der Waals surface area contributed by atoms with Crippen LogP contribution in [0.4, 0.5) is 11.4 Å². The highest BCUT2D eigenvalue weighted by Crippen LogP contribution is 2.27. The van der Waals surface area contributed by atoms with Crippen molar-refractivity contribution < 1.29 is 9.90 Å². The van der Waals surface area contributed by atoms with Gasteiger partial charge in [0.25, 0.3) is 0 Å². The van der Waals surface area contributed by atoms with E-state index < -0.39 is 0 Å². The minimum absolute atomic E-state index is 0.142. The van der Waals surface area contributed by atoms with Gasteiger partial charge in [-0.15, -0.1) is 0 Å². The van der Waals surface area contributed by atoms with Crippen molar-refractivity contribution in [3.05, 3.63) is 88.5 Å². The van der Waals surface area contributed by atoms with E-state index in [9.17, 15) is 9.90 Å². The smallest absolute Gasteiger partial charge is 0.217 e. The predicted octanol–water partition coefficient (Wildman–Crippen LogP) is 4.36. The Morgan fingerprint density at radius 1 is 1.06 bits per heavy atom. The van der Waals surface area contributed by atoms with Crippen molar-refractivity contribution in [3.63, 3.8) is 0 Å². The molecule has 0 saturated carbocycles. The first-order valence-corrected chi connectivity index (χ1v) is 11.1. The maximum atomic E-state index is 10.6. The second-order valence-electron chi connectivity index (χ2n) is 8.45. The highest BCUT2D eigenvalue weighted by atomic mass is 16.3. The Balaban J connectivity index is 0.000000188. The van der Waals surface area contributed by atoms with E-state index in [1.165, 1.54) is 47.8 Å². The van der Waals surface area contributed by atoms with Crippen molar-refractivity contribution in [1.82, 2.24) is 0 Å². The second-order valence-corrected chi connectivity index (χ2v) is 8.45. The molecule has 0 radical (unpaired) electrons. The number of aryl methyl sites for hydroxylation is 2. The molecular weight excluding hydrogens is 398 g/mol. The van der Waals surface area contributed by atoms with Crippen LogP contribution in [0, 0.1) is 6.92 Å². The Labute approximate surface area is 190 Å². The summed E-state index contributed by atoms with van der Waals surface area (Å²) in [6.07, 6.45) is 4.33. The van der Waals surface area contributed by atoms with Gasteiger partial charge >= 0.3 is 0 Å². The molecule has 1 aliphatic heterocycles. The average molecular weight is 432 g/mol. The molecule has 0 aromatic heterocycles. The molecule has 5 heteroatoms. The molecule has 0 aliphatic carbocycles. The predicted molar refractivity (Wildman–Crippen MR) is 132 cm³/mol. The number of nitrogens with two attached hydrogens (primary N) is 2. The van der Waals surface area contributed by atoms with Gasteiger partial charge < -0.3 is 21.5 Å². The Hall–Kier alpha value is -3.47. The van der Waals surface area contributed by atoms with Crippen LogP contribution in [0.3, 0.4) is 0 Å². The van der Waals surface area contributed by atoms with Gasteiger partial charge in [0, 0.05) is 37.5 Å². The van der Waals surface area contributed by atoms with Crippen molar-refractivity contribution in [3.8, 4) is 5.75 Å². The highest BCUT2D eigenvalue weighted by Gasteiger charge is 2.13. The molecule has 0 spiro atoms.